The van der Waals surface area contributed by atoms with E-state index in [-0.39, 0.29) is 9.26 Å². The topological polar surface area (TPSA) is 35.2 Å². The number of anilines is 1. The summed E-state index contributed by atoms with van der Waals surface area (Å²) in [7, 11) is 0. The first kappa shape index (κ1) is 11.3. The van der Waals surface area contributed by atoms with Crippen LogP contribution >= 0.6 is 22.6 Å². The summed E-state index contributed by atoms with van der Waals surface area (Å²) in [5, 5.41) is 0. The number of halogens is 5. The van der Waals surface area contributed by atoms with Crippen LogP contribution in [0, 0.1) is 9.39 Å². The molecule has 0 radical (unpaired) electrons. The monoisotopic (exact) mass is 321 g/mol. The van der Waals surface area contributed by atoms with Gasteiger partial charge in [0.05, 0.1) is 3.57 Å². The van der Waals surface area contributed by atoms with Gasteiger partial charge in [-0.1, -0.05) is 0 Å². The molecule has 78 valence electrons. The molecule has 1 aromatic carbocycles. The molecule has 0 spiro atoms. The summed E-state index contributed by atoms with van der Waals surface area (Å²) in [6.07, 6.45) is -4.91. The molecule has 0 aliphatic heterocycles. The lowest BCUT2D eigenvalue weighted by molar-refractivity contribution is -0.275. The molecule has 7 heteroatoms. The number of rotatable bonds is 1. The molecule has 0 aliphatic rings. The van der Waals surface area contributed by atoms with Gasteiger partial charge in [0.2, 0.25) is 0 Å². The lowest BCUT2D eigenvalue weighted by Crippen LogP contribution is -2.18. The fraction of sp³-hybridized carbons (Fsp3) is 0.143. The minimum absolute atomic E-state index is 0.0302. The first-order valence-corrected chi connectivity index (χ1v) is 4.38. The van der Waals surface area contributed by atoms with Gasteiger partial charge in [0.25, 0.3) is 0 Å². The maximum atomic E-state index is 12.9. The molecule has 1 aromatic rings. The maximum absolute atomic E-state index is 12.9. The largest absolute Gasteiger partial charge is 0.573 e. The number of alkyl halides is 3. The highest BCUT2D eigenvalue weighted by Crippen LogP contribution is 2.31. The van der Waals surface area contributed by atoms with Crippen LogP contribution in [0.25, 0.3) is 0 Å². The standard InChI is InChI=1S/C7H4F4INO/c8-4-1-3(13)2-5(12)6(4)14-7(9,10)11/h1-2H,13H2. The molecule has 0 aromatic heterocycles. The third-order valence-electron chi connectivity index (χ3n) is 1.24. The fourth-order valence-corrected chi connectivity index (χ4v) is 1.52. The van der Waals surface area contributed by atoms with E-state index in [1.54, 1.807) is 0 Å². The first-order valence-electron chi connectivity index (χ1n) is 3.30. The minimum atomic E-state index is -4.91. The molecule has 1 rings (SSSR count). The molecule has 0 bridgehead atoms. The van der Waals surface area contributed by atoms with Crippen LogP contribution in [0.3, 0.4) is 0 Å². The highest BCUT2D eigenvalue weighted by Gasteiger charge is 2.33. The Kier molecular flexibility index (Phi) is 3.07. The van der Waals surface area contributed by atoms with Gasteiger partial charge in [0.1, 0.15) is 0 Å². The normalized spacial score (nSPS) is 11.5. The maximum Gasteiger partial charge on any atom is 0.573 e. The van der Waals surface area contributed by atoms with E-state index < -0.39 is 17.9 Å². The van der Waals surface area contributed by atoms with Crippen molar-refractivity contribution in [1.82, 2.24) is 0 Å². The van der Waals surface area contributed by atoms with E-state index in [1.807, 2.05) is 0 Å². The molecular formula is C7H4F4INO. The summed E-state index contributed by atoms with van der Waals surface area (Å²) in [5.41, 5.74) is 5.25. The second-order valence-electron chi connectivity index (χ2n) is 2.36. The van der Waals surface area contributed by atoms with Crippen molar-refractivity contribution >= 4 is 28.3 Å². The van der Waals surface area contributed by atoms with E-state index in [4.69, 9.17) is 5.73 Å². The van der Waals surface area contributed by atoms with Crippen LogP contribution in [-0.4, -0.2) is 6.36 Å². The SMILES string of the molecule is Nc1cc(F)c(OC(F)(F)F)c(I)c1. The molecule has 0 unspecified atom stereocenters. The molecule has 2 N–H and O–H groups in total. The Morgan fingerprint density at radius 3 is 2.29 bits per heavy atom. The van der Waals surface area contributed by atoms with Gasteiger partial charge in [0, 0.05) is 11.8 Å². The van der Waals surface area contributed by atoms with Crippen LogP contribution in [0.4, 0.5) is 23.2 Å². The van der Waals surface area contributed by atoms with Gasteiger partial charge in [-0.05, 0) is 28.7 Å². The van der Waals surface area contributed by atoms with Crippen LogP contribution < -0.4 is 10.5 Å². The summed E-state index contributed by atoms with van der Waals surface area (Å²) < 4.78 is 51.7. The summed E-state index contributed by atoms with van der Waals surface area (Å²) in [4.78, 5) is 0. The van der Waals surface area contributed by atoms with Crippen LogP contribution in [0.5, 0.6) is 5.75 Å². The molecule has 2 nitrogen and oxygen atoms in total. The molecule has 0 saturated carbocycles. The van der Waals surface area contributed by atoms with E-state index in [0.717, 1.165) is 6.07 Å². The fourth-order valence-electron chi connectivity index (χ4n) is 0.793. The van der Waals surface area contributed by atoms with Crippen molar-refractivity contribution in [2.75, 3.05) is 5.73 Å². The van der Waals surface area contributed by atoms with Crippen LogP contribution in [0.1, 0.15) is 0 Å². The van der Waals surface area contributed by atoms with Crippen molar-refractivity contribution in [3.05, 3.63) is 21.5 Å². The Hall–Kier alpha value is -0.730. The number of nitrogens with two attached hydrogens (primary N) is 1. The van der Waals surface area contributed by atoms with Gasteiger partial charge < -0.3 is 10.5 Å². The van der Waals surface area contributed by atoms with Gasteiger partial charge in [-0.3, -0.25) is 0 Å². The van der Waals surface area contributed by atoms with Crippen LogP contribution in [-0.2, 0) is 0 Å². The molecule has 0 heterocycles. The number of hydrogen-bond acceptors (Lipinski definition) is 2. The molecular weight excluding hydrogens is 317 g/mol. The molecule has 0 amide bonds. The van der Waals surface area contributed by atoms with Crippen molar-refractivity contribution in [3.8, 4) is 5.75 Å². The smallest absolute Gasteiger partial charge is 0.402 e. The van der Waals surface area contributed by atoms with E-state index in [9.17, 15) is 17.6 Å². The predicted octanol–water partition coefficient (Wildman–Crippen LogP) is 2.91. The molecule has 14 heavy (non-hydrogen) atoms. The Morgan fingerprint density at radius 1 is 1.29 bits per heavy atom. The van der Waals surface area contributed by atoms with Crippen molar-refractivity contribution in [2.45, 2.75) is 6.36 Å². The molecule has 0 aliphatic carbocycles. The summed E-state index contributed by atoms with van der Waals surface area (Å²) in [6, 6.07) is 1.95. The quantitative estimate of drug-likeness (QED) is 0.490. The van der Waals surface area contributed by atoms with E-state index in [0.29, 0.717) is 0 Å². The Morgan fingerprint density at radius 2 is 1.86 bits per heavy atom. The second-order valence-corrected chi connectivity index (χ2v) is 3.52. The lowest BCUT2D eigenvalue weighted by atomic mass is 10.3. The number of nitrogen functional groups attached to an aromatic ring is 1. The average molecular weight is 321 g/mol. The van der Waals surface area contributed by atoms with Gasteiger partial charge in [-0.2, -0.15) is 0 Å². The van der Waals surface area contributed by atoms with Gasteiger partial charge in [0.15, 0.2) is 11.6 Å². The van der Waals surface area contributed by atoms with Crippen LogP contribution in [0.2, 0.25) is 0 Å². The van der Waals surface area contributed by atoms with Crippen LogP contribution in [0.15, 0.2) is 12.1 Å². The highest BCUT2D eigenvalue weighted by atomic mass is 127. The van der Waals surface area contributed by atoms with E-state index in [1.165, 1.54) is 28.7 Å². The van der Waals surface area contributed by atoms with Gasteiger partial charge in [-0.25, -0.2) is 4.39 Å². The van der Waals surface area contributed by atoms with Gasteiger partial charge >= 0.3 is 6.36 Å². The minimum Gasteiger partial charge on any atom is -0.402 e. The summed E-state index contributed by atoms with van der Waals surface area (Å²) in [5.74, 6) is -1.99. The van der Waals surface area contributed by atoms with E-state index >= 15 is 0 Å². The summed E-state index contributed by atoms with van der Waals surface area (Å²) >= 11 is 1.51. The predicted molar refractivity (Wildman–Crippen MR) is 50.2 cm³/mol. The zero-order chi connectivity index (χ0) is 10.9. The molecule has 0 atom stereocenters. The van der Waals surface area contributed by atoms with E-state index in [2.05, 4.69) is 4.74 Å². The average Bonchev–Trinajstić information content (AvgIpc) is 1.95. The third kappa shape index (κ3) is 2.89. The number of hydrogen-bond donors (Lipinski definition) is 1. The molecule has 0 saturated heterocycles. The van der Waals surface area contributed by atoms with Crippen molar-refractivity contribution in [2.24, 2.45) is 0 Å². The zero-order valence-electron chi connectivity index (χ0n) is 6.53. The summed E-state index contributed by atoms with van der Waals surface area (Å²) in [6.45, 7) is 0. The lowest BCUT2D eigenvalue weighted by Gasteiger charge is -2.11. The number of ether oxygens (including phenoxy) is 1. The first-order chi connectivity index (χ1) is 6.29. The van der Waals surface area contributed by atoms with Gasteiger partial charge in [-0.15, -0.1) is 13.2 Å². The molecule has 0 fully saturated rings. The second kappa shape index (κ2) is 3.79. The Labute approximate surface area is 90.2 Å². The van der Waals surface area contributed by atoms with Crippen molar-refractivity contribution < 1.29 is 22.3 Å². The highest BCUT2D eigenvalue weighted by molar-refractivity contribution is 14.1. The Balaban J connectivity index is 3.09. The zero-order valence-corrected chi connectivity index (χ0v) is 8.69. The third-order valence-corrected chi connectivity index (χ3v) is 2.04. The number of benzene rings is 1. The Bertz CT molecular complexity index is 329. The van der Waals surface area contributed by atoms with Crippen molar-refractivity contribution in [1.29, 1.82) is 0 Å². The van der Waals surface area contributed by atoms with Crippen molar-refractivity contribution in [3.63, 3.8) is 0 Å².